The second kappa shape index (κ2) is 5.72. The number of carbonyl (C=O) groups excluding carboxylic acids is 1. The fourth-order valence-electron chi connectivity index (χ4n) is 1.58. The van der Waals surface area contributed by atoms with Gasteiger partial charge in [0.25, 0.3) is 5.91 Å². The Morgan fingerprint density at radius 3 is 2.57 bits per heavy atom. The maximum absolute atomic E-state index is 13.0. The van der Waals surface area contributed by atoms with Crippen LogP contribution in [0.1, 0.15) is 15.2 Å². The molecule has 1 heterocycles. The molecule has 1 amide bonds. The number of rotatable bonds is 3. The molecular weight excluding hydrogens is 339 g/mol. The monoisotopic (exact) mass is 348 g/mol. The summed E-state index contributed by atoms with van der Waals surface area (Å²) in [5.41, 5.74) is 0.783. The van der Waals surface area contributed by atoms with Gasteiger partial charge in [-0.05, 0) is 36.8 Å². The van der Waals surface area contributed by atoms with Gasteiger partial charge < -0.3 is 5.32 Å². The molecule has 0 fully saturated rings. The second-order valence-corrected chi connectivity index (χ2v) is 7.45. The Morgan fingerprint density at radius 2 is 2.05 bits per heavy atom. The highest BCUT2D eigenvalue weighted by Crippen LogP contribution is 2.26. The lowest BCUT2D eigenvalue weighted by molar-refractivity contribution is 0.103. The van der Waals surface area contributed by atoms with Crippen LogP contribution in [0.5, 0.6) is 0 Å². The lowest BCUT2D eigenvalue weighted by Gasteiger charge is -2.05. The average Bonchev–Trinajstić information content (AvgIpc) is 2.76. The molecule has 3 N–H and O–H groups in total. The molecule has 0 aliphatic heterocycles. The van der Waals surface area contributed by atoms with Crippen LogP contribution in [0.2, 0.25) is 5.02 Å². The summed E-state index contributed by atoms with van der Waals surface area (Å²) in [5.74, 6) is -1.12. The maximum atomic E-state index is 13.0. The number of aryl methyl sites for hydroxylation is 1. The number of sulfonamides is 1. The van der Waals surface area contributed by atoms with Crippen LogP contribution in [-0.4, -0.2) is 14.3 Å². The van der Waals surface area contributed by atoms with Gasteiger partial charge in [0.1, 0.15) is 10.0 Å². The van der Waals surface area contributed by atoms with Crippen molar-refractivity contribution >= 4 is 44.6 Å². The molecule has 2 rings (SSSR count). The van der Waals surface area contributed by atoms with Gasteiger partial charge in [-0.1, -0.05) is 11.6 Å². The fraction of sp³-hybridized carbons (Fsp3) is 0.0833. The van der Waals surface area contributed by atoms with Gasteiger partial charge in [0, 0.05) is 5.69 Å². The Morgan fingerprint density at radius 1 is 1.38 bits per heavy atom. The van der Waals surface area contributed by atoms with Gasteiger partial charge in [0.05, 0.1) is 9.90 Å². The quantitative estimate of drug-likeness (QED) is 0.893. The first-order valence-electron chi connectivity index (χ1n) is 5.58. The van der Waals surface area contributed by atoms with Gasteiger partial charge in [-0.15, -0.1) is 11.3 Å². The molecule has 5 nitrogen and oxygen atoms in total. The molecule has 0 spiro atoms. The number of carbonyl (C=O) groups is 1. The Kier molecular flexibility index (Phi) is 4.33. The van der Waals surface area contributed by atoms with E-state index in [4.69, 9.17) is 16.7 Å². The van der Waals surface area contributed by atoms with Crippen LogP contribution in [0.3, 0.4) is 0 Å². The molecule has 0 saturated carbocycles. The molecule has 1 aromatic heterocycles. The van der Waals surface area contributed by atoms with Gasteiger partial charge >= 0.3 is 0 Å². The standard InChI is InChI=1S/C12H10ClFN2O3S2/c1-6-4-10(21(15,18)19)20-11(6)12(17)16-7-2-3-9(14)8(13)5-7/h2-5H,1H3,(H,16,17)(H2,15,18,19). The summed E-state index contributed by atoms with van der Waals surface area (Å²) in [6.45, 7) is 1.59. The van der Waals surface area contributed by atoms with Crippen molar-refractivity contribution in [2.75, 3.05) is 5.32 Å². The predicted molar refractivity (Wildman–Crippen MR) is 79.8 cm³/mol. The normalized spacial score (nSPS) is 11.4. The van der Waals surface area contributed by atoms with E-state index in [1.54, 1.807) is 6.92 Å². The van der Waals surface area contributed by atoms with E-state index >= 15 is 0 Å². The maximum Gasteiger partial charge on any atom is 0.266 e. The molecule has 0 aliphatic carbocycles. The molecule has 0 unspecified atom stereocenters. The molecule has 0 saturated heterocycles. The van der Waals surface area contributed by atoms with Crippen LogP contribution in [0.15, 0.2) is 28.5 Å². The fourth-order valence-corrected chi connectivity index (χ4v) is 3.62. The minimum absolute atomic E-state index is 0.0951. The van der Waals surface area contributed by atoms with Crippen LogP contribution in [0.25, 0.3) is 0 Å². The number of amides is 1. The van der Waals surface area contributed by atoms with Crippen molar-refractivity contribution in [2.24, 2.45) is 5.14 Å². The van der Waals surface area contributed by atoms with Crippen molar-refractivity contribution in [3.63, 3.8) is 0 Å². The van der Waals surface area contributed by atoms with Crippen molar-refractivity contribution in [3.8, 4) is 0 Å². The van der Waals surface area contributed by atoms with E-state index < -0.39 is 21.7 Å². The van der Waals surface area contributed by atoms with Gasteiger partial charge in [-0.3, -0.25) is 4.79 Å². The van der Waals surface area contributed by atoms with E-state index in [1.807, 2.05) is 0 Å². The van der Waals surface area contributed by atoms with E-state index in [0.29, 0.717) is 11.3 Å². The van der Waals surface area contributed by atoms with Gasteiger partial charge in [0.15, 0.2) is 0 Å². The lowest BCUT2D eigenvalue weighted by atomic mass is 10.2. The molecule has 0 radical (unpaired) electrons. The summed E-state index contributed by atoms with van der Waals surface area (Å²) >= 11 is 6.39. The topological polar surface area (TPSA) is 89.3 Å². The molecule has 1 aromatic carbocycles. The van der Waals surface area contributed by atoms with Crippen molar-refractivity contribution in [2.45, 2.75) is 11.1 Å². The van der Waals surface area contributed by atoms with E-state index in [0.717, 1.165) is 17.4 Å². The number of thiophene rings is 1. The second-order valence-electron chi connectivity index (χ2n) is 4.21. The van der Waals surface area contributed by atoms with E-state index in [-0.39, 0.29) is 14.1 Å². The van der Waals surface area contributed by atoms with Crippen LogP contribution in [-0.2, 0) is 10.0 Å². The zero-order chi connectivity index (χ0) is 15.8. The number of hydrogen-bond acceptors (Lipinski definition) is 4. The summed E-state index contributed by atoms with van der Waals surface area (Å²) in [5, 5.41) is 7.41. The number of benzene rings is 1. The Hall–Kier alpha value is -1.48. The lowest BCUT2D eigenvalue weighted by Crippen LogP contribution is -2.11. The molecule has 112 valence electrons. The number of hydrogen-bond donors (Lipinski definition) is 2. The highest BCUT2D eigenvalue weighted by molar-refractivity contribution is 7.91. The smallest absolute Gasteiger partial charge is 0.266 e. The molecule has 0 bridgehead atoms. The number of anilines is 1. The summed E-state index contributed by atoms with van der Waals surface area (Å²) in [6.07, 6.45) is 0. The Balaban J connectivity index is 2.28. The van der Waals surface area contributed by atoms with Crippen LogP contribution in [0.4, 0.5) is 10.1 Å². The highest BCUT2D eigenvalue weighted by Gasteiger charge is 2.19. The Bertz CT molecular complexity index is 818. The number of halogens is 2. The van der Waals surface area contributed by atoms with E-state index in [2.05, 4.69) is 5.32 Å². The molecular formula is C12H10ClFN2O3S2. The van der Waals surface area contributed by atoms with Crippen LogP contribution < -0.4 is 10.5 Å². The summed E-state index contributed by atoms with van der Waals surface area (Å²) in [4.78, 5) is 12.3. The van der Waals surface area contributed by atoms with E-state index in [9.17, 15) is 17.6 Å². The first kappa shape index (κ1) is 15.9. The summed E-state index contributed by atoms with van der Waals surface area (Å²) in [7, 11) is -3.86. The van der Waals surface area contributed by atoms with Crippen molar-refractivity contribution in [3.05, 3.63) is 45.5 Å². The predicted octanol–water partition coefficient (Wildman–Crippen LogP) is 2.75. The largest absolute Gasteiger partial charge is 0.321 e. The highest BCUT2D eigenvalue weighted by atomic mass is 35.5. The number of nitrogens with two attached hydrogens (primary N) is 1. The molecule has 9 heteroatoms. The zero-order valence-electron chi connectivity index (χ0n) is 10.7. The summed E-state index contributed by atoms with van der Waals surface area (Å²) in [6, 6.07) is 5.06. The molecule has 21 heavy (non-hydrogen) atoms. The molecule has 0 atom stereocenters. The third kappa shape index (κ3) is 3.59. The van der Waals surface area contributed by atoms with Gasteiger partial charge in [0.2, 0.25) is 10.0 Å². The van der Waals surface area contributed by atoms with Gasteiger partial charge in [-0.2, -0.15) is 0 Å². The van der Waals surface area contributed by atoms with Crippen LogP contribution in [0, 0.1) is 12.7 Å². The van der Waals surface area contributed by atoms with Crippen molar-refractivity contribution < 1.29 is 17.6 Å². The SMILES string of the molecule is Cc1cc(S(N)(=O)=O)sc1C(=O)Nc1ccc(F)c(Cl)c1. The third-order valence-corrected chi connectivity index (χ3v) is 5.51. The van der Waals surface area contributed by atoms with E-state index in [1.165, 1.54) is 18.2 Å². The molecule has 2 aromatic rings. The number of nitrogens with one attached hydrogen (secondary N) is 1. The first-order valence-corrected chi connectivity index (χ1v) is 8.32. The number of primary sulfonamides is 1. The van der Waals surface area contributed by atoms with Gasteiger partial charge in [-0.25, -0.2) is 17.9 Å². The minimum atomic E-state index is -3.86. The summed E-state index contributed by atoms with van der Waals surface area (Å²) < 4.78 is 35.5. The average molecular weight is 349 g/mol. The van der Waals surface area contributed by atoms with Crippen molar-refractivity contribution in [1.82, 2.24) is 0 Å². The third-order valence-electron chi connectivity index (χ3n) is 2.56. The van der Waals surface area contributed by atoms with Crippen molar-refractivity contribution in [1.29, 1.82) is 0 Å². The Labute approximate surface area is 129 Å². The molecule has 0 aliphatic rings. The zero-order valence-corrected chi connectivity index (χ0v) is 13.1. The first-order chi connectivity index (χ1) is 9.68. The van der Waals surface area contributed by atoms with Crippen LogP contribution >= 0.6 is 22.9 Å². The minimum Gasteiger partial charge on any atom is -0.321 e.